The van der Waals surface area contributed by atoms with Crippen LogP contribution in [0.4, 0.5) is 0 Å². The third-order valence-corrected chi connectivity index (χ3v) is 3.64. The van der Waals surface area contributed by atoms with Crippen molar-refractivity contribution in [2.45, 2.75) is 0 Å². The van der Waals surface area contributed by atoms with E-state index in [0.717, 1.165) is 21.6 Å². The third kappa shape index (κ3) is 1.70. The summed E-state index contributed by atoms with van der Waals surface area (Å²) in [6, 6.07) is 9.43. The molecule has 0 spiro atoms. The highest BCUT2D eigenvalue weighted by Gasteiger charge is 2.09. The summed E-state index contributed by atoms with van der Waals surface area (Å²) in [5.74, 6) is -0.393. The zero-order valence-electron chi connectivity index (χ0n) is 8.81. The molecule has 1 amide bonds. The summed E-state index contributed by atoms with van der Waals surface area (Å²) in [6.07, 6.45) is 1.75. The van der Waals surface area contributed by atoms with Gasteiger partial charge in [-0.2, -0.15) is 0 Å². The number of hydrogen-bond acceptors (Lipinski definition) is 3. The summed E-state index contributed by atoms with van der Waals surface area (Å²) >= 11 is 1.38. The number of fused-ring (bicyclic) bond motifs is 1. The number of thiophene rings is 1. The van der Waals surface area contributed by atoms with Crippen LogP contribution in [0, 0.1) is 0 Å². The van der Waals surface area contributed by atoms with Crippen LogP contribution in [0.5, 0.6) is 0 Å². The molecule has 0 aromatic carbocycles. The van der Waals surface area contributed by atoms with Crippen molar-refractivity contribution in [2.24, 2.45) is 5.73 Å². The number of pyridine rings is 1. The Morgan fingerprint density at radius 2 is 2.24 bits per heavy atom. The van der Waals surface area contributed by atoms with Crippen LogP contribution in [0.25, 0.3) is 21.6 Å². The molecule has 84 valence electrons. The highest BCUT2D eigenvalue weighted by atomic mass is 32.1. The number of amides is 1. The molecule has 0 saturated carbocycles. The molecule has 0 atom stereocenters. The molecule has 3 aromatic heterocycles. The number of carbonyl (C=O) groups excluding carboxylic acids is 1. The Balaban J connectivity index is 2.10. The molecule has 0 aliphatic carbocycles. The van der Waals surface area contributed by atoms with E-state index in [0.29, 0.717) is 4.88 Å². The third-order valence-electron chi connectivity index (χ3n) is 2.50. The predicted octanol–water partition coefficient (Wildman–Crippen LogP) is 2.39. The van der Waals surface area contributed by atoms with Gasteiger partial charge in [0.15, 0.2) is 0 Å². The lowest BCUT2D eigenvalue weighted by atomic mass is 10.3. The van der Waals surface area contributed by atoms with Crippen molar-refractivity contribution in [3.8, 4) is 10.6 Å². The first-order valence-corrected chi connectivity index (χ1v) is 5.89. The molecule has 0 unspecified atom stereocenters. The maximum absolute atomic E-state index is 11.0. The average Bonchev–Trinajstić information content (AvgIpc) is 2.95. The smallest absolute Gasteiger partial charge is 0.258 e. The first-order valence-electron chi connectivity index (χ1n) is 5.08. The fourth-order valence-corrected chi connectivity index (χ4v) is 2.53. The summed E-state index contributed by atoms with van der Waals surface area (Å²) in [4.78, 5) is 20.1. The number of nitrogens with one attached hydrogen (secondary N) is 1. The zero-order valence-corrected chi connectivity index (χ0v) is 9.62. The number of rotatable bonds is 2. The number of H-pyrrole nitrogens is 1. The first-order chi connectivity index (χ1) is 8.24. The number of carbonyl (C=O) groups is 1. The van der Waals surface area contributed by atoms with Gasteiger partial charge in [-0.05, 0) is 30.3 Å². The highest BCUT2D eigenvalue weighted by molar-refractivity contribution is 7.17. The molecule has 17 heavy (non-hydrogen) atoms. The standard InChI is InChI=1S/C12H9N3OS/c13-12(16)11-4-3-10(17-11)9-6-8-7(15-9)2-1-5-14-8/h1-6,15H,(H2,13,16). The van der Waals surface area contributed by atoms with E-state index in [2.05, 4.69) is 9.97 Å². The van der Waals surface area contributed by atoms with E-state index in [1.165, 1.54) is 11.3 Å². The van der Waals surface area contributed by atoms with Crippen molar-refractivity contribution < 1.29 is 4.79 Å². The normalized spacial score (nSPS) is 10.8. The number of aromatic amines is 1. The van der Waals surface area contributed by atoms with Gasteiger partial charge in [0.05, 0.1) is 26.5 Å². The van der Waals surface area contributed by atoms with Gasteiger partial charge in [0.25, 0.3) is 5.91 Å². The molecule has 3 rings (SSSR count). The number of aromatic nitrogens is 2. The molecule has 0 bridgehead atoms. The van der Waals surface area contributed by atoms with E-state index in [9.17, 15) is 4.79 Å². The monoisotopic (exact) mass is 243 g/mol. The van der Waals surface area contributed by atoms with Gasteiger partial charge in [-0.1, -0.05) is 0 Å². The second kappa shape index (κ2) is 3.71. The number of nitrogens with two attached hydrogens (primary N) is 1. The van der Waals surface area contributed by atoms with E-state index in [-0.39, 0.29) is 0 Å². The topological polar surface area (TPSA) is 71.8 Å². The van der Waals surface area contributed by atoms with Crippen molar-refractivity contribution in [2.75, 3.05) is 0 Å². The quantitative estimate of drug-likeness (QED) is 0.725. The van der Waals surface area contributed by atoms with E-state index in [1.807, 2.05) is 24.3 Å². The minimum absolute atomic E-state index is 0.393. The molecule has 0 radical (unpaired) electrons. The summed E-state index contributed by atoms with van der Waals surface area (Å²) in [6.45, 7) is 0. The van der Waals surface area contributed by atoms with E-state index < -0.39 is 5.91 Å². The van der Waals surface area contributed by atoms with Crippen molar-refractivity contribution in [1.29, 1.82) is 0 Å². The fraction of sp³-hybridized carbons (Fsp3) is 0. The Hall–Kier alpha value is -2.14. The summed E-state index contributed by atoms with van der Waals surface area (Å²) < 4.78 is 0. The summed E-state index contributed by atoms with van der Waals surface area (Å²) in [5.41, 5.74) is 8.08. The minimum atomic E-state index is -0.393. The minimum Gasteiger partial charge on any atom is -0.365 e. The Morgan fingerprint density at radius 3 is 2.94 bits per heavy atom. The Kier molecular flexibility index (Phi) is 2.19. The van der Waals surface area contributed by atoms with Crippen LogP contribution in [0.3, 0.4) is 0 Å². The maximum Gasteiger partial charge on any atom is 0.258 e. The number of hydrogen-bond donors (Lipinski definition) is 2. The Labute approximate surface area is 101 Å². The first kappa shape index (κ1) is 10.0. The van der Waals surface area contributed by atoms with Crippen molar-refractivity contribution >= 4 is 28.3 Å². The molecule has 5 heteroatoms. The van der Waals surface area contributed by atoms with Gasteiger partial charge >= 0.3 is 0 Å². The van der Waals surface area contributed by atoms with Crippen LogP contribution < -0.4 is 5.73 Å². The lowest BCUT2D eigenvalue weighted by Crippen LogP contribution is -2.07. The van der Waals surface area contributed by atoms with Crippen molar-refractivity contribution in [3.63, 3.8) is 0 Å². The molecular weight excluding hydrogens is 234 g/mol. The fourth-order valence-electron chi connectivity index (χ4n) is 1.70. The molecule has 3 N–H and O–H groups in total. The lowest BCUT2D eigenvalue weighted by Gasteiger charge is -1.89. The maximum atomic E-state index is 11.0. The SMILES string of the molecule is NC(=O)c1ccc(-c2cc3ncccc3[nH]2)s1. The second-order valence-electron chi connectivity index (χ2n) is 3.65. The second-order valence-corrected chi connectivity index (χ2v) is 4.73. The van der Waals surface area contributed by atoms with Gasteiger partial charge in [-0.25, -0.2) is 0 Å². The van der Waals surface area contributed by atoms with Gasteiger partial charge in [0.1, 0.15) is 0 Å². The number of primary amides is 1. The lowest BCUT2D eigenvalue weighted by molar-refractivity contribution is 0.100. The molecule has 3 aromatic rings. The van der Waals surface area contributed by atoms with Crippen molar-refractivity contribution in [3.05, 3.63) is 41.4 Å². The van der Waals surface area contributed by atoms with Gasteiger partial charge in [0, 0.05) is 6.20 Å². The van der Waals surface area contributed by atoms with E-state index in [4.69, 9.17) is 5.73 Å². The molecule has 3 heterocycles. The van der Waals surface area contributed by atoms with E-state index in [1.54, 1.807) is 12.3 Å². The molecule has 0 saturated heterocycles. The Morgan fingerprint density at radius 1 is 1.35 bits per heavy atom. The van der Waals surface area contributed by atoms with Gasteiger partial charge in [0.2, 0.25) is 0 Å². The van der Waals surface area contributed by atoms with Crippen molar-refractivity contribution in [1.82, 2.24) is 9.97 Å². The largest absolute Gasteiger partial charge is 0.365 e. The number of nitrogens with zero attached hydrogens (tertiary/aromatic N) is 1. The van der Waals surface area contributed by atoms with Crippen LogP contribution >= 0.6 is 11.3 Å². The van der Waals surface area contributed by atoms with Gasteiger partial charge < -0.3 is 10.7 Å². The summed E-state index contributed by atoms with van der Waals surface area (Å²) in [7, 11) is 0. The molecule has 4 nitrogen and oxygen atoms in total. The predicted molar refractivity (Wildman–Crippen MR) is 67.9 cm³/mol. The average molecular weight is 243 g/mol. The van der Waals surface area contributed by atoms with Crippen LogP contribution in [0.2, 0.25) is 0 Å². The summed E-state index contributed by atoms with van der Waals surface area (Å²) in [5, 5.41) is 0. The molecule has 0 fully saturated rings. The Bertz CT molecular complexity index is 665. The van der Waals surface area contributed by atoms with Crippen LogP contribution in [0.1, 0.15) is 9.67 Å². The molecular formula is C12H9N3OS. The van der Waals surface area contributed by atoms with Crippen LogP contribution in [-0.2, 0) is 0 Å². The molecule has 0 aliphatic rings. The van der Waals surface area contributed by atoms with Crippen LogP contribution in [0.15, 0.2) is 36.5 Å². The van der Waals surface area contributed by atoms with Gasteiger partial charge in [-0.3, -0.25) is 9.78 Å². The zero-order chi connectivity index (χ0) is 11.8. The van der Waals surface area contributed by atoms with Gasteiger partial charge in [-0.15, -0.1) is 11.3 Å². The molecule has 0 aliphatic heterocycles. The van der Waals surface area contributed by atoms with Crippen LogP contribution in [-0.4, -0.2) is 15.9 Å². The highest BCUT2D eigenvalue weighted by Crippen LogP contribution is 2.29. The van der Waals surface area contributed by atoms with E-state index >= 15 is 0 Å².